The standard InChI is InChI=1S/C13H20FN3/c14-11-1-3-12(4-2-11)16-13-5-8-17(9-6-13)10-7-15/h1-4,13,16H,5-10,15H2. The van der Waals surface area contributed by atoms with E-state index in [2.05, 4.69) is 10.2 Å². The minimum absolute atomic E-state index is 0.187. The maximum atomic E-state index is 12.8. The third-order valence-electron chi connectivity index (χ3n) is 3.25. The van der Waals surface area contributed by atoms with E-state index in [1.807, 2.05) is 0 Å². The van der Waals surface area contributed by atoms with E-state index >= 15 is 0 Å². The summed E-state index contributed by atoms with van der Waals surface area (Å²) in [6.07, 6.45) is 2.24. The Kier molecular flexibility index (Phi) is 4.34. The number of likely N-dealkylation sites (tertiary alicyclic amines) is 1. The van der Waals surface area contributed by atoms with Gasteiger partial charge in [0.2, 0.25) is 0 Å². The summed E-state index contributed by atoms with van der Waals surface area (Å²) in [5.74, 6) is -0.187. The topological polar surface area (TPSA) is 41.3 Å². The number of hydrogen-bond donors (Lipinski definition) is 2. The van der Waals surface area contributed by atoms with Gasteiger partial charge in [0, 0.05) is 37.9 Å². The van der Waals surface area contributed by atoms with Gasteiger partial charge in [0.05, 0.1) is 0 Å². The number of benzene rings is 1. The van der Waals surface area contributed by atoms with E-state index in [0.29, 0.717) is 6.04 Å². The molecule has 0 spiro atoms. The van der Waals surface area contributed by atoms with Gasteiger partial charge in [0.1, 0.15) is 5.82 Å². The highest BCUT2D eigenvalue weighted by atomic mass is 19.1. The molecule has 94 valence electrons. The third kappa shape index (κ3) is 3.68. The molecule has 0 bridgehead atoms. The van der Waals surface area contributed by atoms with Crippen molar-refractivity contribution < 1.29 is 4.39 Å². The molecular formula is C13H20FN3. The summed E-state index contributed by atoms with van der Waals surface area (Å²) in [6, 6.07) is 7.07. The maximum Gasteiger partial charge on any atom is 0.123 e. The van der Waals surface area contributed by atoms with Gasteiger partial charge in [-0.25, -0.2) is 4.39 Å². The average Bonchev–Trinajstić information content (AvgIpc) is 2.35. The number of nitrogens with zero attached hydrogens (tertiary/aromatic N) is 1. The molecule has 1 heterocycles. The van der Waals surface area contributed by atoms with Crippen LogP contribution in [0, 0.1) is 5.82 Å². The van der Waals surface area contributed by atoms with Crippen LogP contribution in [0.15, 0.2) is 24.3 Å². The highest BCUT2D eigenvalue weighted by molar-refractivity contribution is 5.43. The summed E-state index contributed by atoms with van der Waals surface area (Å²) in [5.41, 5.74) is 6.54. The molecule has 0 saturated carbocycles. The second-order valence-electron chi connectivity index (χ2n) is 4.56. The number of piperidine rings is 1. The Labute approximate surface area is 102 Å². The van der Waals surface area contributed by atoms with E-state index in [-0.39, 0.29) is 5.82 Å². The van der Waals surface area contributed by atoms with E-state index in [4.69, 9.17) is 5.73 Å². The highest BCUT2D eigenvalue weighted by Gasteiger charge is 2.18. The van der Waals surface area contributed by atoms with Crippen LogP contribution in [0.3, 0.4) is 0 Å². The van der Waals surface area contributed by atoms with Crippen LogP contribution in [0.4, 0.5) is 10.1 Å². The molecule has 1 aromatic carbocycles. The molecule has 0 unspecified atom stereocenters. The molecule has 0 atom stereocenters. The highest BCUT2D eigenvalue weighted by Crippen LogP contribution is 2.16. The van der Waals surface area contributed by atoms with Gasteiger partial charge >= 0.3 is 0 Å². The van der Waals surface area contributed by atoms with E-state index in [1.165, 1.54) is 12.1 Å². The number of nitrogens with two attached hydrogens (primary N) is 1. The minimum atomic E-state index is -0.187. The molecule has 1 aromatic rings. The molecule has 0 amide bonds. The van der Waals surface area contributed by atoms with E-state index in [9.17, 15) is 4.39 Å². The van der Waals surface area contributed by atoms with Crippen molar-refractivity contribution in [1.82, 2.24) is 4.90 Å². The Bertz CT molecular complexity index is 331. The van der Waals surface area contributed by atoms with Gasteiger partial charge in [0.15, 0.2) is 0 Å². The van der Waals surface area contributed by atoms with Gasteiger partial charge in [0.25, 0.3) is 0 Å². The fraction of sp³-hybridized carbons (Fsp3) is 0.538. The molecule has 3 N–H and O–H groups in total. The van der Waals surface area contributed by atoms with Crippen LogP contribution < -0.4 is 11.1 Å². The van der Waals surface area contributed by atoms with Crippen molar-refractivity contribution in [2.45, 2.75) is 18.9 Å². The molecule has 1 aliphatic rings. The molecule has 4 heteroatoms. The fourth-order valence-corrected chi connectivity index (χ4v) is 2.27. The van der Waals surface area contributed by atoms with Gasteiger partial charge < -0.3 is 16.0 Å². The molecule has 2 rings (SSSR count). The monoisotopic (exact) mass is 237 g/mol. The van der Waals surface area contributed by atoms with Crippen molar-refractivity contribution in [3.05, 3.63) is 30.1 Å². The molecular weight excluding hydrogens is 217 g/mol. The van der Waals surface area contributed by atoms with Crippen LogP contribution in [0.25, 0.3) is 0 Å². The van der Waals surface area contributed by atoms with Crippen LogP contribution in [0.5, 0.6) is 0 Å². The molecule has 0 aliphatic carbocycles. The summed E-state index contributed by atoms with van der Waals surface area (Å²) < 4.78 is 12.8. The van der Waals surface area contributed by atoms with E-state index < -0.39 is 0 Å². The number of rotatable bonds is 4. The normalized spacial score (nSPS) is 18.2. The van der Waals surface area contributed by atoms with Crippen molar-refractivity contribution in [2.24, 2.45) is 5.73 Å². The zero-order valence-corrected chi connectivity index (χ0v) is 10.0. The second kappa shape index (κ2) is 5.98. The Balaban J connectivity index is 1.79. The van der Waals surface area contributed by atoms with Gasteiger partial charge in [-0.15, -0.1) is 0 Å². The predicted molar refractivity (Wildman–Crippen MR) is 68.5 cm³/mol. The fourth-order valence-electron chi connectivity index (χ4n) is 2.27. The predicted octanol–water partition coefficient (Wildman–Crippen LogP) is 1.66. The smallest absolute Gasteiger partial charge is 0.123 e. The third-order valence-corrected chi connectivity index (χ3v) is 3.25. The van der Waals surface area contributed by atoms with Crippen LogP contribution in [0.2, 0.25) is 0 Å². The van der Waals surface area contributed by atoms with Crippen molar-refractivity contribution >= 4 is 5.69 Å². The largest absolute Gasteiger partial charge is 0.382 e. The number of hydrogen-bond acceptors (Lipinski definition) is 3. The van der Waals surface area contributed by atoms with Gasteiger partial charge in [-0.1, -0.05) is 0 Å². The van der Waals surface area contributed by atoms with Crippen LogP contribution in [0.1, 0.15) is 12.8 Å². The van der Waals surface area contributed by atoms with Gasteiger partial charge in [-0.2, -0.15) is 0 Å². The van der Waals surface area contributed by atoms with Crippen LogP contribution in [-0.2, 0) is 0 Å². The Hall–Kier alpha value is -1.13. The van der Waals surface area contributed by atoms with Crippen molar-refractivity contribution in [2.75, 3.05) is 31.5 Å². The number of anilines is 1. The summed E-state index contributed by atoms with van der Waals surface area (Å²) in [4.78, 5) is 2.39. The van der Waals surface area contributed by atoms with Crippen LogP contribution in [-0.4, -0.2) is 37.1 Å². The Morgan fingerprint density at radius 2 is 1.88 bits per heavy atom. The average molecular weight is 237 g/mol. The summed E-state index contributed by atoms with van der Waals surface area (Å²) in [5, 5.41) is 3.45. The van der Waals surface area contributed by atoms with E-state index in [0.717, 1.165) is 44.7 Å². The quantitative estimate of drug-likeness (QED) is 0.837. The molecule has 1 aliphatic heterocycles. The van der Waals surface area contributed by atoms with Crippen LogP contribution >= 0.6 is 0 Å². The first-order chi connectivity index (χ1) is 8.28. The van der Waals surface area contributed by atoms with Gasteiger partial charge in [-0.05, 0) is 37.1 Å². The zero-order valence-electron chi connectivity index (χ0n) is 10.0. The first-order valence-corrected chi connectivity index (χ1v) is 6.22. The zero-order chi connectivity index (χ0) is 12.1. The molecule has 3 nitrogen and oxygen atoms in total. The number of halogens is 1. The lowest BCUT2D eigenvalue weighted by Gasteiger charge is -2.32. The minimum Gasteiger partial charge on any atom is -0.382 e. The summed E-state index contributed by atoms with van der Waals surface area (Å²) in [6.45, 7) is 3.91. The molecule has 0 radical (unpaired) electrons. The number of nitrogens with one attached hydrogen (secondary N) is 1. The van der Waals surface area contributed by atoms with Gasteiger partial charge in [-0.3, -0.25) is 0 Å². The lowest BCUT2D eigenvalue weighted by molar-refractivity contribution is 0.224. The van der Waals surface area contributed by atoms with Crippen molar-refractivity contribution in [1.29, 1.82) is 0 Å². The second-order valence-corrected chi connectivity index (χ2v) is 4.56. The van der Waals surface area contributed by atoms with E-state index in [1.54, 1.807) is 12.1 Å². The Morgan fingerprint density at radius 1 is 1.24 bits per heavy atom. The maximum absolute atomic E-state index is 12.8. The van der Waals surface area contributed by atoms with Crippen molar-refractivity contribution in [3.63, 3.8) is 0 Å². The van der Waals surface area contributed by atoms with Crippen molar-refractivity contribution in [3.8, 4) is 0 Å². The molecule has 1 saturated heterocycles. The summed E-state index contributed by atoms with van der Waals surface area (Å²) in [7, 11) is 0. The lowest BCUT2D eigenvalue weighted by Crippen LogP contribution is -2.41. The lowest BCUT2D eigenvalue weighted by atomic mass is 10.0. The first-order valence-electron chi connectivity index (χ1n) is 6.22. The molecule has 17 heavy (non-hydrogen) atoms. The molecule has 0 aromatic heterocycles. The summed E-state index contributed by atoms with van der Waals surface area (Å²) >= 11 is 0. The SMILES string of the molecule is NCCN1CCC(Nc2ccc(F)cc2)CC1. The molecule has 1 fully saturated rings. The first kappa shape index (κ1) is 12.3. The Morgan fingerprint density at radius 3 is 2.47 bits per heavy atom.